The van der Waals surface area contributed by atoms with Gasteiger partial charge in [-0.15, -0.1) is 0 Å². The average molecular weight is 282 g/mol. The van der Waals surface area contributed by atoms with E-state index < -0.39 is 5.54 Å². The molecule has 20 heavy (non-hydrogen) atoms. The Labute approximate surface area is 121 Å². The van der Waals surface area contributed by atoms with E-state index in [0.29, 0.717) is 31.6 Å². The molecule has 114 valence electrons. The minimum Gasteiger partial charge on any atom is -0.380 e. The van der Waals surface area contributed by atoms with Gasteiger partial charge in [-0.05, 0) is 38.0 Å². The van der Waals surface area contributed by atoms with Crippen LogP contribution in [-0.2, 0) is 14.3 Å². The fourth-order valence-corrected chi connectivity index (χ4v) is 2.80. The van der Waals surface area contributed by atoms with Crippen LogP contribution in [0.2, 0.25) is 0 Å². The van der Waals surface area contributed by atoms with Gasteiger partial charge < -0.3 is 15.0 Å². The highest BCUT2D eigenvalue weighted by Gasteiger charge is 2.54. The summed E-state index contributed by atoms with van der Waals surface area (Å²) in [6, 6.07) is 0. The summed E-state index contributed by atoms with van der Waals surface area (Å²) in [7, 11) is 0. The maximum atomic E-state index is 12.2. The zero-order chi connectivity index (χ0) is 14.8. The minimum atomic E-state index is -0.670. The molecule has 0 radical (unpaired) electrons. The molecule has 1 aliphatic carbocycles. The first-order valence-electron chi connectivity index (χ1n) is 7.62. The topological polar surface area (TPSA) is 58.6 Å². The monoisotopic (exact) mass is 282 g/mol. The van der Waals surface area contributed by atoms with Crippen LogP contribution in [0.15, 0.2) is 0 Å². The van der Waals surface area contributed by atoms with E-state index in [1.54, 1.807) is 4.90 Å². The Balaban J connectivity index is 1.89. The Morgan fingerprint density at radius 2 is 2.05 bits per heavy atom. The molecule has 5 heteroatoms. The second-order valence-electron chi connectivity index (χ2n) is 6.44. The summed E-state index contributed by atoms with van der Waals surface area (Å²) in [5.74, 6) is 0.921. The van der Waals surface area contributed by atoms with Gasteiger partial charge in [0.1, 0.15) is 5.54 Å². The summed E-state index contributed by atoms with van der Waals surface area (Å²) < 4.78 is 5.60. The van der Waals surface area contributed by atoms with E-state index in [-0.39, 0.29) is 18.4 Å². The van der Waals surface area contributed by atoms with Gasteiger partial charge in [0.2, 0.25) is 11.8 Å². The van der Waals surface area contributed by atoms with Crippen molar-refractivity contribution in [3.63, 3.8) is 0 Å². The Kier molecular flexibility index (Phi) is 4.68. The molecule has 1 atom stereocenters. The Hall–Kier alpha value is -1.10. The van der Waals surface area contributed by atoms with E-state index in [1.807, 2.05) is 6.92 Å². The highest BCUT2D eigenvalue weighted by atomic mass is 16.5. The molecule has 1 N–H and O–H groups in total. The molecule has 1 saturated heterocycles. The molecule has 2 fully saturated rings. The SMILES string of the molecule is CC(C)CCOCCN1C(=O)CNC(=O)C1(C)C1CC1. The third-order valence-electron chi connectivity index (χ3n) is 4.39. The van der Waals surface area contributed by atoms with Gasteiger partial charge in [0.05, 0.1) is 13.2 Å². The lowest BCUT2D eigenvalue weighted by atomic mass is 9.90. The molecule has 1 aliphatic heterocycles. The first-order valence-corrected chi connectivity index (χ1v) is 7.62. The molecule has 0 aromatic rings. The molecule has 2 rings (SSSR count). The zero-order valence-electron chi connectivity index (χ0n) is 12.8. The summed E-state index contributed by atoms with van der Waals surface area (Å²) in [4.78, 5) is 26.0. The number of nitrogens with one attached hydrogen (secondary N) is 1. The number of piperazine rings is 1. The van der Waals surface area contributed by atoms with Crippen molar-refractivity contribution in [1.82, 2.24) is 10.2 Å². The average Bonchev–Trinajstić information content (AvgIpc) is 3.21. The highest BCUT2D eigenvalue weighted by molar-refractivity contribution is 5.98. The minimum absolute atomic E-state index is 0.00598. The van der Waals surface area contributed by atoms with Crippen LogP contribution < -0.4 is 5.32 Å². The van der Waals surface area contributed by atoms with E-state index in [1.165, 1.54) is 0 Å². The maximum Gasteiger partial charge on any atom is 0.246 e. The quantitative estimate of drug-likeness (QED) is 0.713. The third-order valence-corrected chi connectivity index (χ3v) is 4.39. The van der Waals surface area contributed by atoms with Crippen LogP contribution in [0.3, 0.4) is 0 Å². The summed E-state index contributed by atoms with van der Waals surface area (Å²) in [5, 5.41) is 2.72. The van der Waals surface area contributed by atoms with E-state index in [0.717, 1.165) is 19.3 Å². The molecule has 1 unspecified atom stereocenters. The van der Waals surface area contributed by atoms with Crippen LogP contribution in [-0.4, -0.2) is 48.6 Å². The van der Waals surface area contributed by atoms with Crippen LogP contribution in [0.4, 0.5) is 0 Å². The normalized spacial score (nSPS) is 27.1. The number of carbonyl (C=O) groups is 2. The van der Waals surface area contributed by atoms with E-state index in [9.17, 15) is 9.59 Å². The van der Waals surface area contributed by atoms with Crippen molar-refractivity contribution >= 4 is 11.8 Å². The highest BCUT2D eigenvalue weighted by Crippen LogP contribution is 2.44. The summed E-state index contributed by atoms with van der Waals surface area (Å²) in [6.45, 7) is 8.06. The summed E-state index contributed by atoms with van der Waals surface area (Å²) >= 11 is 0. The molecule has 0 aromatic heterocycles. The molecule has 1 heterocycles. The molecule has 2 amide bonds. The Morgan fingerprint density at radius 3 is 2.65 bits per heavy atom. The van der Waals surface area contributed by atoms with Gasteiger partial charge in [0.15, 0.2) is 0 Å². The molecule has 5 nitrogen and oxygen atoms in total. The molecule has 0 bridgehead atoms. The molecule has 1 saturated carbocycles. The van der Waals surface area contributed by atoms with Gasteiger partial charge >= 0.3 is 0 Å². The lowest BCUT2D eigenvalue weighted by Crippen LogP contribution is -2.67. The predicted octanol–water partition coefficient (Wildman–Crippen LogP) is 1.18. The second kappa shape index (κ2) is 6.12. The largest absolute Gasteiger partial charge is 0.380 e. The molecule has 2 aliphatic rings. The van der Waals surface area contributed by atoms with E-state index in [2.05, 4.69) is 19.2 Å². The number of hydrogen-bond donors (Lipinski definition) is 1. The van der Waals surface area contributed by atoms with Gasteiger partial charge in [-0.1, -0.05) is 13.8 Å². The van der Waals surface area contributed by atoms with Gasteiger partial charge in [0.25, 0.3) is 0 Å². The standard InChI is InChI=1S/C15H26N2O3/c1-11(2)6-8-20-9-7-17-13(18)10-16-14(19)15(17,3)12-4-5-12/h11-12H,4-10H2,1-3H3,(H,16,19). The van der Waals surface area contributed by atoms with Gasteiger partial charge in [-0.2, -0.15) is 0 Å². The fraction of sp³-hybridized carbons (Fsp3) is 0.867. The first-order chi connectivity index (χ1) is 9.46. The van der Waals surface area contributed by atoms with Gasteiger partial charge in [-0.25, -0.2) is 0 Å². The number of nitrogens with zero attached hydrogens (tertiary/aromatic N) is 1. The number of ether oxygens (including phenoxy) is 1. The van der Waals surface area contributed by atoms with Crippen molar-refractivity contribution < 1.29 is 14.3 Å². The van der Waals surface area contributed by atoms with E-state index >= 15 is 0 Å². The van der Waals surface area contributed by atoms with E-state index in [4.69, 9.17) is 4.74 Å². The van der Waals surface area contributed by atoms with Crippen molar-refractivity contribution in [2.75, 3.05) is 26.3 Å². The van der Waals surface area contributed by atoms with Crippen molar-refractivity contribution in [3.05, 3.63) is 0 Å². The number of rotatable bonds is 7. The zero-order valence-corrected chi connectivity index (χ0v) is 12.8. The second-order valence-corrected chi connectivity index (χ2v) is 6.44. The van der Waals surface area contributed by atoms with Gasteiger partial charge in [-0.3, -0.25) is 9.59 Å². The Bertz CT molecular complexity index is 379. The predicted molar refractivity (Wildman–Crippen MR) is 76.1 cm³/mol. The maximum absolute atomic E-state index is 12.2. The number of carbonyl (C=O) groups excluding carboxylic acids is 2. The van der Waals surface area contributed by atoms with Crippen LogP contribution in [0.25, 0.3) is 0 Å². The fourth-order valence-electron chi connectivity index (χ4n) is 2.80. The first kappa shape index (κ1) is 15.3. The Morgan fingerprint density at radius 1 is 1.35 bits per heavy atom. The van der Waals surface area contributed by atoms with Crippen LogP contribution in [0, 0.1) is 11.8 Å². The smallest absolute Gasteiger partial charge is 0.246 e. The van der Waals surface area contributed by atoms with Crippen molar-refractivity contribution in [2.45, 2.75) is 45.6 Å². The molecular formula is C15H26N2O3. The molecular weight excluding hydrogens is 256 g/mol. The summed E-state index contributed by atoms with van der Waals surface area (Å²) in [5.41, 5.74) is -0.670. The number of hydrogen-bond acceptors (Lipinski definition) is 3. The van der Waals surface area contributed by atoms with Gasteiger partial charge in [0, 0.05) is 13.2 Å². The summed E-state index contributed by atoms with van der Waals surface area (Å²) in [6.07, 6.45) is 3.08. The van der Waals surface area contributed by atoms with Crippen molar-refractivity contribution in [3.8, 4) is 0 Å². The van der Waals surface area contributed by atoms with Crippen LogP contribution in [0.5, 0.6) is 0 Å². The molecule has 0 spiro atoms. The van der Waals surface area contributed by atoms with Crippen molar-refractivity contribution in [1.29, 1.82) is 0 Å². The lowest BCUT2D eigenvalue weighted by Gasteiger charge is -2.43. The third kappa shape index (κ3) is 3.14. The van der Waals surface area contributed by atoms with Crippen LogP contribution in [0.1, 0.15) is 40.0 Å². The lowest BCUT2D eigenvalue weighted by molar-refractivity contribution is -0.155. The molecule has 0 aromatic carbocycles. The number of amides is 2. The van der Waals surface area contributed by atoms with Crippen LogP contribution >= 0.6 is 0 Å². The van der Waals surface area contributed by atoms with Crippen molar-refractivity contribution in [2.24, 2.45) is 11.8 Å².